The Morgan fingerprint density at radius 3 is 1.85 bits per heavy atom. The predicted octanol–water partition coefficient (Wildman–Crippen LogP) is 3.96. The van der Waals surface area contributed by atoms with E-state index in [1.165, 1.54) is 12.8 Å². The SMILES string of the molecule is CC1C2CCC(C)(C1C)C(C)C2C. The molecule has 3 fully saturated rings. The van der Waals surface area contributed by atoms with Crippen LogP contribution in [0.4, 0.5) is 0 Å². The molecule has 3 rings (SSSR count). The van der Waals surface area contributed by atoms with Gasteiger partial charge < -0.3 is 0 Å². The summed E-state index contributed by atoms with van der Waals surface area (Å²) in [5, 5.41) is 0. The van der Waals surface area contributed by atoms with E-state index < -0.39 is 0 Å². The molecule has 3 aliphatic rings. The Bertz CT molecular complexity index is 186. The predicted molar refractivity (Wildman–Crippen MR) is 57.5 cm³/mol. The molecule has 76 valence electrons. The van der Waals surface area contributed by atoms with E-state index in [2.05, 4.69) is 34.6 Å². The molecular weight excluding hydrogens is 156 g/mol. The van der Waals surface area contributed by atoms with Crippen molar-refractivity contribution in [3.05, 3.63) is 0 Å². The Hall–Kier alpha value is 0. The quantitative estimate of drug-likeness (QED) is 0.529. The number of hydrogen-bond donors (Lipinski definition) is 0. The molecule has 0 nitrogen and oxygen atoms in total. The lowest BCUT2D eigenvalue weighted by molar-refractivity contribution is -0.114. The minimum atomic E-state index is 0.646. The average molecular weight is 180 g/mol. The van der Waals surface area contributed by atoms with E-state index in [9.17, 15) is 0 Å². The molecule has 0 N–H and O–H groups in total. The standard InChI is InChI=1S/C13H24/c1-8-10(3)13(5)7-6-12(8)9(2)11(13)4/h8-12H,6-7H2,1-5H3. The fourth-order valence-electron chi connectivity index (χ4n) is 4.30. The van der Waals surface area contributed by atoms with Gasteiger partial charge in [0.25, 0.3) is 0 Å². The van der Waals surface area contributed by atoms with Crippen LogP contribution in [-0.4, -0.2) is 0 Å². The Morgan fingerprint density at radius 1 is 0.923 bits per heavy atom. The van der Waals surface area contributed by atoms with Crippen LogP contribution in [0.2, 0.25) is 0 Å². The smallest absolute Gasteiger partial charge is 0.0269 e. The van der Waals surface area contributed by atoms with E-state index >= 15 is 0 Å². The maximum Gasteiger partial charge on any atom is -0.0269 e. The lowest BCUT2D eigenvalue weighted by Gasteiger charge is -2.60. The van der Waals surface area contributed by atoms with Crippen LogP contribution in [0.1, 0.15) is 47.5 Å². The molecule has 2 bridgehead atoms. The van der Waals surface area contributed by atoms with Gasteiger partial charge in [0.05, 0.1) is 0 Å². The normalized spacial score (nSPS) is 61.2. The molecule has 0 heterocycles. The van der Waals surface area contributed by atoms with Crippen LogP contribution in [0, 0.1) is 35.0 Å². The first-order valence-corrected chi connectivity index (χ1v) is 5.98. The average Bonchev–Trinajstić information content (AvgIpc) is 2.10. The first kappa shape index (κ1) is 9.55. The van der Waals surface area contributed by atoms with Gasteiger partial charge in [-0.05, 0) is 47.8 Å². The van der Waals surface area contributed by atoms with Crippen LogP contribution < -0.4 is 0 Å². The zero-order chi connectivity index (χ0) is 9.80. The fraction of sp³-hybridized carbons (Fsp3) is 1.00. The summed E-state index contributed by atoms with van der Waals surface area (Å²) < 4.78 is 0. The molecule has 3 saturated carbocycles. The second-order valence-electron chi connectivity index (χ2n) is 6.00. The summed E-state index contributed by atoms with van der Waals surface area (Å²) in [5.41, 5.74) is 0.646. The minimum absolute atomic E-state index is 0.646. The summed E-state index contributed by atoms with van der Waals surface area (Å²) >= 11 is 0. The fourth-order valence-corrected chi connectivity index (χ4v) is 4.30. The Labute approximate surface area is 83.1 Å². The van der Waals surface area contributed by atoms with E-state index in [1.54, 1.807) is 0 Å². The van der Waals surface area contributed by atoms with Gasteiger partial charge in [-0.15, -0.1) is 0 Å². The Kier molecular flexibility index (Phi) is 2.02. The van der Waals surface area contributed by atoms with Crippen LogP contribution in [0.5, 0.6) is 0 Å². The highest BCUT2D eigenvalue weighted by atomic mass is 14.6. The second kappa shape index (κ2) is 2.74. The van der Waals surface area contributed by atoms with Crippen molar-refractivity contribution >= 4 is 0 Å². The van der Waals surface area contributed by atoms with Crippen LogP contribution in [0.25, 0.3) is 0 Å². The van der Waals surface area contributed by atoms with Gasteiger partial charge in [0.2, 0.25) is 0 Å². The van der Waals surface area contributed by atoms with Crippen molar-refractivity contribution in [1.82, 2.24) is 0 Å². The van der Waals surface area contributed by atoms with E-state index in [4.69, 9.17) is 0 Å². The number of fused-ring (bicyclic) bond motifs is 3. The molecule has 0 radical (unpaired) electrons. The highest BCUT2D eigenvalue weighted by molar-refractivity contribution is 5.02. The monoisotopic (exact) mass is 180 g/mol. The van der Waals surface area contributed by atoms with Crippen molar-refractivity contribution in [2.24, 2.45) is 35.0 Å². The number of rotatable bonds is 0. The zero-order valence-corrected chi connectivity index (χ0v) is 9.80. The van der Waals surface area contributed by atoms with Crippen molar-refractivity contribution in [2.45, 2.75) is 47.5 Å². The van der Waals surface area contributed by atoms with E-state index in [0.717, 1.165) is 29.6 Å². The van der Waals surface area contributed by atoms with Crippen LogP contribution in [0.3, 0.4) is 0 Å². The maximum atomic E-state index is 2.53. The molecule has 0 aromatic heterocycles. The largest absolute Gasteiger partial charge is 0.0620 e. The van der Waals surface area contributed by atoms with Crippen LogP contribution in [-0.2, 0) is 0 Å². The van der Waals surface area contributed by atoms with Gasteiger partial charge >= 0.3 is 0 Å². The summed E-state index contributed by atoms with van der Waals surface area (Å²) in [6.07, 6.45) is 2.97. The van der Waals surface area contributed by atoms with Gasteiger partial charge in [-0.2, -0.15) is 0 Å². The van der Waals surface area contributed by atoms with Crippen LogP contribution in [0.15, 0.2) is 0 Å². The summed E-state index contributed by atoms with van der Waals surface area (Å²) in [6, 6.07) is 0. The molecule has 13 heavy (non-hydrogen) atoms. The molecule has 0 aromatic carbocycles. The third-order valence-corrected chi connectivity index (χ3v) is 6.02. The van der Waals surface area contributed by atoms with Gasteiger partial charge in [-0.25, -0.2) is 0 Å². The lowest BCUT2D eigenvalue weighted by Crippen LogP contribution is -2.53. The maximum absolute atomic E-state index is 2.53. The molecule has 4 atom stereocenters. The summed E-state index contributed by atoms with van der Waals surface area (Å²) in [6.45, 7) is 12.5. The minimum Gasteiger partial charge on any atom is -0.0620 e. The highest BCUT2D eigenvalue weighted by Crippen LogP contribution is 2.61. The first-order valence-electron chi connectivity index (χ1n) is 5.98. The highest BCUT2D eigenvalue weighted by Gasteiger charge is 2.53. The Morgan fingerprint density at radius 2 is 1.38 bits per heavy atom. The van der Waals surface area contributed by atoms with Gasteiger partial charge in [0, 0.05) is 0 Å². The van der Waals surface area contributed by atoms with Gasteiger partial charge in [0.1, 0.15) is 0 Å². The van der Waals surface area contributed by atoms with E-state index in [0.29, 0.717) is 5.41 Å². The molecule has 0 saturated heterocycles. The third-order valence-electron chi connectivity index (χ3n) is 6.02. The van der Waals surface area contributed by atoms with Crippen molar-refractivity contribution in [1.29, 1.82) is 0 Å². The molecule has 0 aliphatic heterocycles. The van der Waals surface area contributed by atoms with Crippen molar-refractivity contribution in [3.8, 4) is 0 Å². The van der Waals surface area contributed by atoms with Crippen molar-refractivity contribution < 1.29 is 0 Å². The van der Waals surface area contributed by atoms with Crippen molar-refractivity contribution in [2.75, 3.05) is 0 Å². The first-order chi connectivity index (χ1) is 5.98. The summed E-state index contributed by atoms with van der Waals surface area (Å²) in [5.74, 6) is 4.83. The zero-order valence-electron chi connectivity index (χ0n) is 9.80. The number of hydrogen-bond acceptors (Lipinski definition) is 0. The van der Waals surface area contributed by atoms with Gasteiger partial charge in [0.15, 0.2) is 0 Å². The topological polar surface area (TPSA) is 0 Å². The summed E-state index contributed by atoms with van der Waals surface area (Å²) in [4.78, 5) is 0. The van der Waals surface area contributed by atoms with Crippen LogP contribution >= 0.6 is 0 Å². The lowest BCUT2D eigenvalue weighted by atomic mass is 9.45. The second-order valence-corrected chi connectivity index (χ2v) is 6.00. The van der Waals surface area contributed by atoms with Gasteiger partial charge in [-0.3, -0.25) is 0 Å². The van der Waals surface area contributed by atoms with Gasteiger partial charge in [-0.1, -0.05) is 34.6 Å². The molecule has 4 unspecified atom stereocenters. The molecular formula is C13H24. The molecule has 0 heteroatoms. The third kappa shape index (κ3) is 1.04. The molecule has 3 aliphatic carbocycles. The Balaban J connectivity index is 2.34. The van der Waals surface area contributed by atoms with E-state index in [1.807, 2.05) is 0 Å². The molecule has 0 spiro atoms. The molecule has 0 aromatic rings. The van der Waals surface area contributed by atoms with Crippen molar-refractivity contribution in [3.63, 3.8) is 0 Å². The molecule has 0 amide bonds. The summed E-state index contributed by atoms with van der Waals surface area (Å²) in [7, 11) is 0. The van der Waals surface area contributed by atoms with E-state index in [-0.39, 0.29) is 0 Å².